The van der Waals surface area contributed by atoms with Crippen LogP contribution in [0.25, 0.3) is 0 Å². The van der Waals surface area contributed by atoms with Crippen molar-refractivity contribution in [3.8, 4) is 0 Å². The van der Waals surface area contributed by atoms with Gasteiger partial charge in [-0.05, 0) is 87.9 Å². The average molecular weight is 573 g/mol. The van der Waals surface area contributed by atoms with E-state index >= 15 is 0 Å². The van der Waals surface area contributed by atoms with Crippen molar-refractivity contribution in [3.63, 3.8) is 0 Å². The highest BCUT2D eigenvalue weighted by Crippen LogP contribution is 2.45. The molecule has 2 heteroatoms. The van der Waals surface area contributed by atoms with Crippen molar-refractivity contribution in [2.24, 2.45) is 34.5 Å². The zero-order valence-corrected chi connectivity index (χ0v) is 28.3. The van der Waals surface area contributed by atoms with Gasteiger partial charge < -0.3 is 10.2 Å². The monoisotopic (exact) mass is 572 g/mol. The number of allylic oxidation sites excluding steroid dienone is 18. The molecular weight excluding hydrogens is 512 g/mol. The second-order valence-corrected chi connectivity index (χ2v) is 14.6. The second-order valence-electron chi connectivity index (χ2n) is 14.6. The fourth-order valence-electron chi connectivity index (χ4n) is 7.10. The molecule has 0 aliphatic heterocycles. The molecule has 6 atom stereocenters. The standard InChI is InChI=1S/C40H60O2/c1-29(17-13-19-31(3)21-23-37-33(5)25-35(41)27-39(37,7)8)15-11-12-16-30(2)18-14-20-32(4)22-24-38-34(6)26-36(42)28-40(38,9)10/h11-24,33-38,41-42H,25-28H2,1-10H3/t33?,34?,35-,36?,37?,38+/m1/s1. The first kappa shape index (κ1) is 35.8. The SMILES string of the molecule is CC(C=CC=C(C)C=CC1C(C)C[C@@H](O)CC1(C)C)=CC=CC=C(C)C=CC=C(C)C=C[C@H]1C(C)CC(O)CC1(C)C. The largest absolute Gasteiger partial charge is 0.393 e. The van der Waals surface area contributed by atoms with Crippen LogP contribution in [-0.2, 0) is 0 Å². The molecule has 0 heterocycles. The minimum Gasteiger partial charge on any atom is -0.393 e. The van der Waals surface area contributed by atoms with Crippen molar-refractivity contribution in [1.82, 2.24) is 0 Å². The summed E-state index contributed by atoms with van der Waals surface area (Å²) < 4.78 is 0. The molecule has 2 nitrogen and oxygen atoms in total. The summed E-state index contributed by atoms with van der Waals surface area (Å²) in [7, 11) is 0. The van der Waals surface area contributed by atoms with E-state index in [1.807, 2.05) is 0 Å². The van der Waals surface area contributed by atoms with Crippen molar-refractivity contribution in [2.75, 3.05) is 0 Å². The molecule has 0 radical (unpaired) electrons. The van der Waals surface area contributed by atoms with Gasteiger partial charge in [0.2, 0.25) is 0 Å². The highest BCUT2D eigenvalue weighted by molar-refractivity contribution is 5.32. The Hall–Kier alpha value is -2.42. The highest BCUT2D eigenvalue weighted by Gasteiger charge is 2.39. The zero-order valence-electron chi connectivity index (χ0n) is 28.3. The summed E-state index contributed by atoms with van der Waals surface area (Å²) in [5.74, 6) is 1.97. The van der Waals surface area contributed by atoms with Crippen LogP contribution >= 0.6 is 0 Å². The third-order valence-corrected chi connectivity index (χ3v) is 9.24. The summed E-state index contributed by atoms with van der Waals surface area (Å²) in [4.78, 5) is 0. The smallest absolute Gasteiger partial charge is 0.0548 e. The van der Waals surface area contributed by atoms with Gasteiger partial charge in [-0.3, -0.25) is 0 Å². The first-order chi connectivity index (χ1) is 19.6. The van der Waals surface area contributed by atoms with Gasteiger partial charge in [-0.25, -0.2) is 0 Å². The fourth-order valence-corrected chi connectivity index (χ4v) is 7.10. The average Bonchev–Trinajstić information content (AvgIpc) is 2.84. The van der Waals surface area contributed by atoms with E-state index in [1.165, 1.54) is 22.3 Å². The number of hydrogen-bond acceptors (Lipinski definition) is 2. The van der Waals surface area contributed by atoms with Crippen molar-refractivity contribution in [1.29, 1.82) is 0 Å². The normalized spacial score (nSPS) is 31.9. The lowest BCUT2D eigenvalue weighted by molar-refractivity contribution is 0.00726. The molecule has 0 saturated heterocycles. The van der Waals surface area contributed by atoms with E-state index in [0.717, 1.165) is 25.7 Å². The molecule has 2 saturated carbocycles. The third kappa shape index (κ3) is 12.1. The van der Waals surface area contributed by atoms with E-state index < -0.39 is 0 Å². The van der Waals surface area contributed by atoms with E-state index in [9.17, 15) is 10.2 Å². The Bertz CT molecular complexity index is 1050. The molecule has 42 heavy (non-hydrogen) atoms. The molecule has 0 amide bonds. The molecule has 2 rings (SSSR count). The van der Waals surface area contributed by atoms with E-state index in [0.29, 0.717) is 23.7 Å². The van der Waals surface area contributed by atoms with Crippen molar-refractivity contribution < 1.29 is 10.2 Å². The maximum Gasteiger partial charge on any atom is 0.0548 e. The van der Waals surface area contributed by atoms with Crippen molar-refractivity contribution >= 4 is 0 Å². The van der Waals surface area contributed by atoms with Gasteiger partial charge in [0.05, 0.1) is 12.2 Å². The van der Waals surface area contributed by atoms with Gasteiger partial charge in [0, 0.05) is 0 Å². The van der Waals surface area contributed by atoms with Gasteiger partial charge in [-0.15, -0.1) is 0 Å². The number of rotatable bonds is 10. The summed E-state index contributed by atoms with van der Waals surface area (Å²) >= 11 is 0. The van der Waals surface area contributed by atoms with E-state index in [1.54, 1.807) is 0 Å². The lowest BCUT2D eigenvalue weighted by atomic mass is 9.63. The third-order valence-electron chi connectivity index (χ3n) is 9.24. The fraction of sp³-hybridized carbons (Fsp3) is 0.550. The Morgan fingerprint density at radius 3 is 1.17 bits per heavy atom. The first-order valence-corrected chi connectivity index (χ1v) is 16.0. The highest BCUT2D eigenvalue weighted by atomic mass is 16.3. The van der Waals surface area contributed by atoms with Gasteiger partial charge in [-0.2, -0.15) is 0 Å². The van der Waals surface area contributed by atoms with Crippen LogP contribution in [0.5, 0.6) is 0 Å². The minimum absolute atomic E-state index is 0.127. The van der Waals surface area contributed by atoms with E-state index in [-0.39, 0.29) is 23.0 Å². The Kier molecular flexibility index (Phi) is 14.0. The zero-order chi connectivity index (χ0) is 31.5. The van der Waals surface area contributed by atoms with Crippen LogP contribution in [-0.4, -0.2) is 22.4 Å². The Morgan fingerprint density at radius 2 is 0.833 bits per heavy atom. The van der Waals surface area contributed by atoms with Crippen LogP contribution in [0.15, 0.2) is 107 Å². The lowest BCUT2D eigenvalue weighted by Crippen LogP contribution is -2.38. The van der Waals surface area contributed by atoms with Crippen LogP contribution in [0.4, 0.5) is 0 Å². The predicted molar refractivity (Wildman–Crippen MR) is 184 cm³/mol. The number of hydrogen-bond donors (Lipinski definition) is 2. The van der Waals surface area contributed by atoms with Crippen LogP contribution in [0.3, 0.4) is 0 Å². The molecule has 232 valence electrons. The van der Waals surface area contributed by atoms with Gasteiger partial charge >= 0.3 is 0 Å². The van der Waals surface area contributed by atoms with Gasteiger partial charge in [0.1, 0.15) is 0 Å². The maximum absolute atomic E-state index is 10.1. The topological polar surface area (TPSA) is 40.5 Å². The molecule has 2 N–H and O–H groups in total. The molecule has 2 fully saturated rings. The molecule has 2 aliphatic rings. The Labute approximate surface area is 258 Å². The summed E-state index contributed by atoms with van der Waals surface area (Å²) in [6.07, 6.45) is 33.6. The number of aliphatic hydroxyl groups excluding tert-OH is 2. The molecule has 4 unspecified atom stereocenters. The van der Waals surface area contributed by atoms with Crippen LogP contribution < -0.4 is 0 Å². The van der Waals surface area contributed by atoms with Crippen LogP contribution in [0.2, 0.25) is 0 Å². The summed E-state index contributed by atoms with van der Waals surface area (Å²) in [6.45, 7) is 22.2. The van der Waals surface area contributed by atoms with E-state index in [4.69, 9.17) is 0 Å². The molecule has 0 aromatic carbocycles. The van der Waals surface area contributed by atoms with Crippen molar-refractivity contribution in [3.05, 3.63) is 107 Å². The van der Waals surface area contributed by atoms with Gasteiger partial charge in [0.25, 0.3) is 0 Å². The van der Waals surface area contributed by atoms with E-state index in [2.05, 4.69) is 154 Å². The molecule has 0 aromatic rings. The second kappa shape index (κ2) is 16.4. The number of aliphatic hydroxyl groups is 2. The van der Waals surface area contributed by atoms with Crippen LogP contribution in [0.1, 0.15) is 94.9 Å². The van der Waals surface area contributed by atoms with Crippen LogP contribution in [0, 0.1) is 34.5 Å². The summed E-state index contributed by atoms with van der Waals surface area (Å²) in [6, 6.07) is 0. The lowest BCUT2D eigenvalue weighted by Gasteiger charge is -2.43. The van der Waals surface area contributed by atoms with Gasteiger partial charge in [0.15, 0.2) is 0 Å². The summed E-state index contributed by atoms with van der Waals surface area (Å²) in [5.41, 5.74) is 5.13. The molecular formula is C40H60O2. The molecule has 2 aliphatic carbocycles. The first-order valence-electron chi connectivity index (χ1n) is 16.0. The predicted octanol–water partition coefficient (Wildman–Crippen LogP) is 10.4. The Balaban J connectivity index is 1.86. The van der Waals surface area contributed by atoms with Crippen molar-refractivity contribution in [2.45, 2.75) is 107 Å². The molecule has 0 bridgehead atoms. The minimum atomic E-state index is -0.167. The summed E-state index contributed by atoms with van der Waals surface area (Å²) in [5, 5.41) is 20.3. The molecule has 0 spiro atoms. The Morgan fingerprint density at radius 1 is 0.524 bits per heavy atom. The molecule has 0 aromatic heterocycles. The maximum atomic E-state index is 10.1. The quantitative estimate of drug-likeness (QED) is 0.256. The van der Waals surface area contributed by atoms with Gasteiger partial charge in [-0.1, -0.05) is 149 Å².